The summed E-state index contributed by atoms with van der Waals surface area (Å²) in [5.74, 6) is 0.514. The van der Waals surface area contributed by atoms with Gasteiger partial charge < -0.3 is 15.4 Å². The zero-order chi connectivity index (χ0) is 15.9. The second-order valence-electron chi connectivity index (χ2n) is 4.79. The molecule has 2 N–H and O–H groups in total. The van der Waals surface area contributed by atoms with Crippen molar-refractivity contribution < 1.29 is 9.53 Å². The van der Waals surface area contributed by atoms with Gasteiger partial charge in [-0.25, -0.2) is 0 Å². The molecule has 2 aromatic carbocycles. The van der Waals surface area contributed by atoms with Gasteiger partial charge in [-0.3, -0.25) is 4.79 Å². The Morgan fingerprint density at radius 2 is 2.00 bits per heavy atom. The molecule has 0 saturated heterocycles. The number of amides is 1. The average Bonchev–Trinajstić information content (AvgIpc) is 2.51. The van der Waals surface area contributed by atoms with Crippen LogP contribution >= 0.6 is 11.6 Å². The maximum absolute atomic E-state index is 12.0. The van der Waals surface area contributed by atoms with Crippen molar-refractivity contribution >= 4 is 28.9 Å². The number of halogens is 1. The molecule has 116 valence electrons. The molecule has 0 spiro atoms. The van der Waals surface area contributed by atoms with Crippen LogP contribution in [0.25, 0.3) is 0 Å². The van der Waals surface area contributed by atoms with Gasteiger partial charge >= 0.3 is 0 Å². The lowest BCUT2D eigenvalue weighted by atomic mass is 10.2. The summed E-state index contributed by atoms with van der Waals surface area (Å²) in [6, 6.07) is 13.0. The van der Waals surface area contributed by atoms with E-state index in [0.29, 0.717) is 23.1 Å². The van der Waals surface area contributed by atoms with Crippen LogP contribution in [0, 0.1) is 6.92 Å². The highest BCUT2D eigenvalue weighted by molar-refractivity contribution is 6.31. The quantitative estimate of drug-likeness (QED) is 0.843. The molecule has 0 heterocycles. The van der Waals surface area contributed by atoms with E-state index in [0.717, 1.165) is 11.3 Å². The summed E-state index contributed by atoms with van der Waals surface area (Å²) >= 11 is 6.06. The number of hydrogen-bond acceptors (Lipinski definition) is 3. The Labute approximate surface area is 135 Å². The first-order valence-electron chi connectivity index (χ1n) is 7.12. The Kier molecular flexibility index (Phi) is 5.67. The van der Waals surface area contributed by atoms with Crippen LogP contribution in [0.15, 0.2) is 42.5 Å². The molecule has 0 aromatic heterocycles. The molecule has 2 aromatic rings. The topological polar surface area (TPSA) is 50.4 Å². The molecule has 2 rings (SSSR count). The van der Waals surface area contributed by atoms with Crippen LogP contribution in [0.4, 0.5) is 11.4 Å². The molecule has 22 heavy (non-hydrogen) atoms. The third kappa shape index (κ3) is 4.40. The third-order valence-electron chi connectivity index (χ3n) is 3.09. The van der Waals surface area contributed by atoms with Gasteiger partial charge in [0.05, 0.1) is 18.8 Å². The van der Waals surface area contributed by atoms with Gasteiger partial charge in [0, 0.05) is 10.7 Å². The second-order valence-corrected chi connectivity index (χ2v) is 5.20. The molecule has 0 unspecified atom stereocenters. The highest BCUT2D eigenvalue weighted by Crippen LogP contribution is 2.23. The number of ether oxygens (including phenoxy) is 1. The molecule has 4 nitrogen and oxygen atoms in total. The summed E-state index contributed by atoms with van der Waals surface area (Å²) in [7, 11) is 0. The van der Waals surface area contributed by atoms with Crippen LogP contribution in [-0.2, 0) is 4.79 Å². The fourth-order valence-electron chi connectivity index (χ4n) is 1.93. The van der Waals surface area contributed by atoms with E-state index < -0.39 is 0 Å². The molecule has 5 heteroatoms. The van der Waals surface area contributed by atoms with Crippen LogP contribution in [0.3, 0.4) is 0 Å². The van der Waals surface area contributed by atoms with Crippen LogP contribution in [-0.4, -0.2) is 19.1 Å². The minimum Gasteiger partial charge on any atom is -0.492 e. The maximum atomic E-state index is 12.0. The van der Waals surface area contributed by atoms with Crippen LogP contribution in [0.1, 0.15) is 12.5 Å². The fraction of sp³-hybridized carbons (Fsp3) is 0.235. The van der Waals surface area contributed by atoms with Crippen molar-refractivity contribution in [2.45, 2.75) is 13.8 Å². The number of carbonyl (C=O) groups is 1. The number of para-hydroxylation sites is 2. The number of nitrogens with one attached hydrogen (secondary N) is 2. The molecule has 0 saturated carbocycles. The number of anilines is 2. The Morgan fingerprint density at radius 1 is 1.23 bits per heavy atom. The van der Waals surface area contributed by atoms with Crippen molar-refractivity contribution in [2.75, 3.05) is 23.8 Å². The third-order valence-corrected chi connectivity index (χ3v) is 3.49. The Morgan fingerprint density at radius 3 is 2.73 bits per heavy atom. The number of benzene rings is 2. The molecule has 0 fully saturated rings. The average molecular weight is 319 g/mol. The summed E-state index contributed by atoms with van der Waals surface area (Å²) in [5.41, 5.74) is 2.48. The van der Waals surface area contributed by atoms with Crippen molar-refractivity contribution in [1.29, 1.82) is 0 Å². The first-order chi connectivity index (χ1) is 10.6. The van der Waals surface area contributed by atoms with Crippen LogP contribution in [0.5, 0.6) is 5.75 Å². The lowest BCUT2D eigenvalue weighted by Gasteiger charge is -2.12. The standard InChI is InChI=1S/C17H19ClN2O2/c1-3-22-16-7-5-4-6-15(16)20-17(21)11-19-13-9-8-12(2)14(18)10-13/h4-10,19H,3,11H2,1-2H3,(H,20,21). The maximum Gasteiger partial charge on any atom is 0.243 e. The van der Waals surface area contributed by atoms with E-state index in [9.17, 15) is 4.79 Å². The summed E-state index contributed by atoms with van der Waals surface area (Å²) in [4.78, 5) is 12.0. The second kappa shape index (κ2) is 7.71. The summed E-state index contributed by atoms with van der Waals surface area (Å²) in [6.45, 7) is 4.54. The van der Waals surface area contributed by atoms with E-state index in [1.54, 1.807) is 6.07 Å². The predicted molar refractivity (Wildman–Crippen MR) is 90.9 cm³/mol. The normalized spacial score (nSPS) is 10.1. The molecule has 0 radical (unpaired) electrons. The lowest BCUT2D eigenvalue weighted by molar-refractivity contribution is -0.114. The van der Waals surface area contributed by atoms with Crippen molar-refractivity contribution in [1.82, 2.24) is 0 Å². The molecule has 0 bridgehead atoms. The number of rotatable bonds is 6. The largest absolute Gasteiger partial charge is 0.492 e. The number of aryl methyl sites for hydroxylation is 1. The van der Waals surface area contributed by atoms with E-state index in [1.807, 2.05) is 50.2 Å². The van der Waals surface area contributed by atoms with E-state index in [1.165, 1.54) is 0 Å². The fourth-order valence-corrected chi connectivity index (χ4v) is 2.11. The van der Waals surface area contributed by atoms with Crippen molar-refractivity contribution in [3.63, 3.8) is 0 Å². The van der Waals surface area contributed by atoms with Crippen LogP contribution in [0.2, 0.25) is 5.02 Å². The summed E-state index contributed by atoms with van der Waals surface area (Å²) < 4.78 is 5.48. The smallest absolute Gasteiger partial charge is 0.243 e. The lowest BCUT2D eigenvalue weighted by Crippen LogP contribution is -2.22. The van der Waals surface area contributed by atoms with Crippen molar-refractivity contribution in [3.05, 3.63) is 53.1 Å². The van der Waals surface area contributed by atoms with Gasteiger partial charge in [-0.05, 0) is 43.7 Å². The van der Waals surface area contributed by atoms with Gasteiger partial charge in [-0.15, -0.1) is 0 Å². The zero-order valence-corrected chi connectivity index (χ0v) is 13.4. The summed E-state index contributed by atoms with van der Waals surface area (Å²) in [6.07, 6.45) is 0. The molecule has 0 aliphatic carbocycles. The number of hydrogen-bond donors (Lipinski definition) is 2. The SMILES string of the molecule is CCOc1ccccc1NC(=O)CNc1ccc(C)c(Cl)c1. The monoisotopic (exact) mass is 318 g/mol. The Bertz CT molecular complexity index is 659. The van der Waals surface area contributed by atoms with Crippen molar-refractivity contribution in [2.24, 2.45) is 0 Å². The van der Waals surface area contributed by atoms with E-state index >= 15 is 0 Å². The zero-order valence-electron chi connectivity index (χ0n) is 12.7. The molecule has 0 atom stereocenters. The molecule has 1 amide bonds. The van der Waals surface area contributed by atoms with Crippen LogP contribution < -0.4 is 15.4 Å². The first-order valence-corrected chi connectivity index (χ1v) is 7.49. The van der Waals surface area contributed by atoms with E-state index in [4.69, 9.17) is 16.3 Å². The van der Waals surface area contributed by atoms with Gasteiger partial charge in [0.1, 0.15) is 5.75 Å². The van der Waals surface area contributed by atoms with Gasteiger partial charge in [0.15, 0.2) is 0 Å². The Hall–Kier alpha value is -2.20. The molecule has 0 aliphatic heterocycles. The summed E-state index contributed by atoms with van der Waals surface area (Å²) in [5, 5.41) is 6.55. The minimum absolute atomic E-state index is 0.149. The highest BCUT2D eigenvalue weighted by atomic mass is 35.5. The van der Waals surface area contributed by atoms with Gasteiger partial charge in [-0.2, -0.15) is 0 Å². The van der Waals surface area contributed by atoms with Gasteiger partial charge in [0.2, 0.25) is 5.91 Å². The van der Waals surface area contributed by atoms with E-state index in [-0.39, 0.29) is 12.5 Å². The molecule has 0 aliphatic rings. The van der Waals surface area contributed by atoms with Crippen molar-refractivity contribution in [3.8, 4) is 5.75 Å². The van der Waals surface area contributed by atoms with E-state index in [2.05, 4.69) is 10.6 Å². The number of carbonyl (C=O) groups excluding carboxylic acids is 1. The molecular weight excluding hydrogens is 300 g/mol. The first kappa shape index (κ1) is 16.2. The predicted octanol–water partition coefficient (Wildman–Crippen LogP) is 4.10. The molecular formula is C17H19ClN2O2. The Balaban J connectivity index is 1.94. The van der Waals surface area contributed by atoms with Gasteiger partial charge in [0.25, 0.3) is 0 Å². The highest BCUT2D eigenvalue weighted by Gasteiger charge is 2.07. The minimum atomic E-state index is -0.149. The van der Waals surface area contributed by atoms with Gasteiger partial charge in [-0.1, -0.05) is 29.8 Å².